The first kappa shape index (κ1) is 19.6. The van der Waals surface area contributed by atoms with Crippen molar-refractivity contribution in [1.29, 1.82) is 0 Å². The summed E-state index contributed by atoms with van der Waals surface area (Å²) in [4.78, 5) is 15.8. The molecule has 1 unspecified atom stereocenters. The van der Waals surface area contributed by atoms with Crippen molar-refractivity contribution < 1.29 is 9.53 Å². The van der Waals surface area contributed by atoms with Crippen molar-refractivity contribution in [3.63, 3.8) is 0 Å². The highest BCUT2D eigenvalue weighted by Crippen LogP contribution is 2.33. The second-order valence-corrected chi connectivity index (χ2v) is 7.15. The number of hydrogen-bond acceptors (Lipinski definition) is 4. The maximum absolute atomic E-state index is 11.3. The van der Waals surface area contributed by atoms with Crippen molar-refractivity contribution in [2.24, 2.45) is 0 Å². The molecule has 3 rings (SSSR count). The Morgan fingerprint density at radius 2 is 2.04 bits per heavy atom. The quantitative estimate of drug-likeness (QED) is 0.520. The number of benzene rings is 1. The molecule has 142 valence electrons. The Hall–Kier alpha value is -2.11. The minimum Gasteiger partial charge on any atom is -0.465 e. The van der Waals surface area contributed by atoms with Gasteiger partial charge >= 0.3 is 5.97 Å². The average molecular weight is 406 g/mol. The topological polar surface area (TPSA) is 56.5 Å². The molecule has 3 aromatic rings. The van der Waals surface area contributed by atoms with Gasteiger partial charge in [0.2, 0.25) is 0 Å². The second-order valence-electron chi connectivity index (χ2n) is 6.31. The molecular weight excluding hydrogens is 385 g/mol. The Morgan fingerprint density at radius 1 is 1.26 bits per heavy atom. The molecule has 0 radical (unpaired) electrons. The van der Waals surface area contributed by atoms with E-state index in [2.05, 4.69) is 18.8 Å². The van der Waals surface area contributed by atoms with Gasteiger partial charge in [-0.3, -0.25) is 4.79 Å². The number of ether oxygens (including phenoxy) is 1. The number of nitrogens with zero attached hydrogens (tertiary/aromatic N) is 3. The van der Waals surface area contributed by atoms with Gasteiger partial charge in [-0.25, -0.2) is 9.50 Å². The Balaban J connectivity index is 2.18. The van der Waals surface area contributed by atoms with Crippen LogP contribution in [0.3, 0.4) is 0 Å². The van der Waals surface area contributed by atoms with E-state index in [4.69, 9.17) is 33.0 Å². The molecule has 0 spiro atoms. The molecule has 7 heteroatoms. The summed E-state index contributed by atoms with van der Waals surface area (Å²) in [6.45, 7) is 5.85. The second kappa shape index (κ2) is 8.28. The van der Waals surface area contributed by atoms with E-state index in [1.165, 1.54) is 6.92 Å². The van der Waals surface area contributed by atoms with Crippen LogP contribution in [0.25, 0.3) is 16.9 Å². The van der Waals surface area contributed by atoms with Gasteiger partial charge in [-0.2, -0.15) is 5.10 Å². The first-order chi connectivity index (χ1) is 13.0. The lowest BCUT2D eigenvalue weighted by Gasteiger charge is -2.15. The van der Waals surface area contributed by atoms with Gasteiger partial charge in [-0.15, -0.1) is 0 Å². The van der Waals surface area contributed by atoms with Crippen LogP contribution in [0.5, 0.6) is 0 Å². The summed E-state index contributed by atoms with van der Waals surface area (Å²) in [6, 6.07) is 7.27. The molecule has 2 heterocycles. The van der Waals surface area contributed by atoms with Crippen molar-refractivity contribution in [2.45, 2.75) is 39.5 Å². The third-order valence-electron chi connectivity index (χ3n) is 4.56. The molecule has 5 nitrogen and oxygen atoms in total. The van der Waals surface area contributed by atoms with Crippen molar-refractivity contribution in [1.82, 2.24) is 14.6 Å². The number of carbonyl (C=O) groups excluding carboxylic acids is 1. The van der Waals surface area contributed by atoms with Crippen LogP contribution in [0, 0.1) is 0 Å². The van der Waals surface area contributed by atoms with Gasteiger partial charge in [0.05, 0.1) is 23.0 Å². The monoisotopic (exact) mass is 405 g/mol. The van der Waals surface area contributed by atoms with Gasteiger partial charge < -0.3 is 4.74 Å². The van der Waals surface area contributed by atoms with E-state index in [0.717, 1.165) is 41.0 Å². The average Bonchev–Trinajstić information content (AvgIpc) is 3.01. The molecule has 1 aromatic carbocycles. The van der Waals surface area contributed by atoms with Gasteiger partial charge in [0.15, 0.2) is 5.65 Å². The first-order valence-electron chi connectivity index (χ1n) is 8.91. The Kier molecular flexibility index (Phi) is 6.02. The van der Waals surface area contributed by atoms with Crippen LogP contribution < -0.4 is 0 Å². The first-order valence-corrected chi connectivity index (χ1v) is 9.67. The molecule has 0 saturated carbocycles. The third kappa shape index (κ3) is 3.94. The molecule has 27 heavy (non-hydrogen) atoms. The molecule has 0 fully saturated rings. The number of rotatable bonds is 6. The van der Waals surface area contributed by atoms with Crippen LogP contribution in [0.1, 0.15) is 44.4 Å². The highest BCUT2D eigenvalue weighted by Gasteiger charge is 2.23. The lowest BCUT2D eigenvalue weighted by Crippen LogP contribution is -2.11. The maximum Gasteiger partial charge on any atom is 0.302 e. The Morgan fingerprint density at radius 3 is 2.67 bits per heavy atom. The Bertz CT molecular complexity index is 985. The molecule has 0 saturated heterocycles. The molecular formula is C20H21Cl2N3O2. The van der Waals surface area contributed by atoms with E-state index < -0.39 is 0 Å². The van der Waals surface area contributed by atoms with Crippen molar-refractivity contribution in [3.05, 3.63) is 51.8 Å². The number of hydrogen-bond donors (Lipinski definition) is 0. The summed E-state index contributed by atoms with van der Waals surface area (Å²) in [5.74, 6) is -0.255. The molecule has 2 aromatic heterocycles. The highest BCUT2D eigenvalue weighted by atomic mass is 35.5. The largest absolute Gasteiger partial charge is 0.465 e. The van der Waals surface area contributed by atoms with Crippen molar-refractivity contribution in [3.8, 4) is 11.3 Å². The summed E-state index contributed by atoms with van der Waals surface area (Å²) >= 11 is 12.5. The summed E-state index contributed by atoms with van der Waals surface area (Å²) in [5.41, 5.74) is 4.39. The molecule has 0 aliphatic heterocycles. The molecule has 0 amide bonds. The summed E-state index contributed by atoms with van der Waals surface area (Å²) < 4.78 is 7.09. The maximum atomic E-state index is 11.3. The van der Waals surface area contributed by atoms with E-state index in [-0.39, 0.29) is 11.9 Å². The summed E-state index contributed by atoms with van der Waals surface area (Å²) in [6.07, 6.45) is 3.32. The standard InChI is InChI=1S/C20H21Cl2N3O2/c1-4-13(11-27-12(3)26)19-17(5-2)24-25-18(8-9-23-20(19)25)15-7-6-14(21)10-16(15)22/h6-10,13H,4-5,11H2,1-3H3. The zero-order valence-electron chi connectivity index (χ0n) is 15.5. The minimum absolute atomic E-state index is 0.0322. The van der Waals surface area contributed by atoms with E-state index in [1.807, 2.05) is 16.6 Å². The molecule has 0 aliphatic carbocycles. The van der Waals surface area contributed by atoms with Gasteiger partial charge in [-0.05, 0) is 37.1 Å². The highest BCUT2D eigenvalue weighted by molar-refractivity contribution is 6.36. The summed E-state index contributed by atoms with van der Waals surface area (Å²) in [7, 11) is 0. The zero-order valence-corrected chi connectivity index (χ0v) is 17.0. The van der Waals surface area contributed by atoms with Crippen molar-refractivity contribution in [2.75, 3.05) is 6.61 Å². The van der Waals surface area contributed by atoms with E-state index in [0.29, 0.717) is 16.7 Å². The molecule has 1 atom stereocenters. The predicted molar refractivity (Wildman–Crippen MR) is 107 cm³/mol. The van der Waals surface area contributed by atoms with Gasteiger partial charge in [0.1, 0.15) is 0 Å². The third-order valence-corrected chi connectivity index (χ3v) is 5.11. The van der Waals surface area contributed by atoms with Crippen LogP contribution in [-0.4, -0.2) is 27.2 Å². The van der Waals surface area contributed by atoms with Gasteiger partial charge in [0, 0.05) is 35.2 Å². The minimum atomic E-state index is -0.287. The number of aryl methyl sites for hydroxylation is 1. The molecule has 0 aliphatic rings. The molecule has 0 N–H and O–H groups in total. The normalized spacial score (nSPS) is 12.3. The smallest absolute Gasteiger partial charge is 0.302 e. The van der Waals surface area contributed by atoms with Gasteiger partial charge in [-0.1, -0.05) is 37.0 Å². The SMILES string of the molecule is CCc1nn2c(-c3ccc(Cl)cc3Cl)ccnc2c1C(CC)COC(C)=O. The Labute approximate surface area is 168 Å². The number of esters is 1. The number of aromatic nitrogens is 3. The number of carbonyl (C=O) groups is 1. The lowest BCUT2D eigenvalue weighted by molar-refractivity contribution is -0.141. The van der Waals surface area contributed by atoms with Gasteiger partial charge in [0.25, 0.3) is 0 Å². The van der Waals surface area contributed by atoms with Crippen LogP contribution in [-0.2, 0) is 16.0 Å². The fourth-order valence-electron chi connectivity index (χ4n) is 3.21. The lowest BCUT2D eigenvalue weighted by atomic mass is 9.96. The van der Waals surface area contributed by atoms with E-state index in [1.54, 1.807) is 18.3 Å². The van der Waals surface area contributed by atoms with Crippen LogP contribution in [0.4, 0.5) is 0 Å². The molecule has 0 bridgehead atoms. The number of fused-ring (bicyclic) bond motifs is 1. The fraction of sp³-hybridized carbons (Fsp3) is 0.350. The van der Waals surface area contributed by atoms with E-state index in [9.17, 15) is 4.79 Å². The van der Waals surface area contributed by atoms with Crippen LogP contribution >= 0.6 is 23.2 Å². The van der Waals surface area contributed by atoms with Crippen LogP contribution in [0.2, 0.25) is 10.0 Å². The summed E-state index contributed by atoms with van der Waals surface area (Å²) in [5, 5.41) is 5.92. The van der Waals surface area contributed by atoms with Crippen LogP contribution in [0.15, 0.2) is 30.5 Å². The fourth-order valence-corrected chi connectivity index (χ4v) is 3.72. The van der Waals surface area contributed by atoms with E-state index >= 15 is 0 Å². The van der Waals surface area contributed by atoms with Crippen molar-refractivity contribution >= 4 is 34.8 Å². The number of halogens is 2. The predicted octanol–water partition coefficient (Wildman–Crippen LogP) is 5.32. The zero-order chi connectivity index (χ0) is 19.6.